The second-order valence-corrected chi connectivity index (χ2v) is 6.57. The van der Waals surface area contributed by atoms with Crippen LogP contribution in [0.3, 0.4) is 0 Å². The van der Waals surface area contributed by atoms with Crippen molar-refractivity contribution in [2.75, 3.05) is 12.4 Å². The molecule has 0 spiro atoms. The minimum absolute atomic E-state index is 0.185. The van der Waals surface area contributed by atoms with Crippen molar-refractivity contribution >= 4 is 23.3 Å². The van der Waals surface area contributed by atoms with Crippen LogP contribution >= 0.6 is 11.6 Å². The number of fused-ring (bicyclic) bond motifs is 1. The lowest BCUT2D eigenvalue weighted by atomic mass is 9.86. The Morgan fingerprint density at radius 2 is 2.11 bits per heavy atom. The maximum absolute atomic E-state index is 13.4. The average molecular weight is 388 g/mol. The molecule has 0 unspecified atom stereocenters. The minimum atomic E-state index is -0.426. The summed E-state index contributed by atoms with van der Waals surface area (Å²) in [5, 5.41) is 15.7. The number of aryl methyl sites for hydroxylation is 1. The number of carbonyl (C=O) groups is 1. The summed E-state index contributed by atoms with van der Waals surface area (Å²) in [5.41, 5.74) is 2.21. The number of hydrogen-bond donors (Lipinski definition) is 1. The number of hydrogen-bond acceptors (Lipinski definition) is 5. The molecule has 1 amide bonds. The molecule has 138 valence electrons. The monoisotopic (exact) mass is 387 g/mol. The van der Waals surface area contributed by atoms with Gasteiger partial charge in [-0.2, -0.15) is 9.78 Å². The molecule has 7 nitrogen and oxygen atoms in total. The van der Waals surface area contributed by atoms with Crippen LogP contribution in [-0.2, 0) is 4.79 Å². The third-order valence-corrected chi connectivity index (χ3v) is 4.82. The summed E-state index contributed by atoms with van der Waals surface area (Å²) < 4.78 is 20.0. The largest absolute Gasteiger partial charge is 0.480 e. The molecule has 27 heavy (non-hydrogen) atoms. The van der Waals surface area contributed by atoms with Crippen molar-refractivity contribution in [3.63, 3.8) is 0 Å². The number of rotatable bonds is 3. The molecule has 3 aromatic rings. The molecule has 1 atom stereocenters. The highest BCUT2D eigenvalue weighted by Gasteiger charge is 2.34. The highest BCUT2D eigenvalue weighted by atomic mass is 35.5. The molecule has 1 aliphatic rings. The van der Waals surface area contributed by atoms with Gasteiger partial charge in [0.05, 0.1) is 12.8 Å². The van der Waals surface area contributed by atoms with E-state index in [2.05, 4.69) is 20.6 Å². The minimum Gasteiger partial charge on any atom is -0.480 e. The summed E-state index contributed by atoms with van der Waals surface area (Å²) in [6.07, 6.45) is 0.194. The first-order valence-corrected chi connectivity index (χ1v) is 8.58. The average Bonchev–Trinajstić information content (AvgIpc) is 2.98. The van der Waals surface area contributed by atoms with E-state index in [1.54, 1.807) is 18.2 Å². The SMILES string of the molecule is COc1ccc(-n2nc(C)c3c2NC(=O)C[C@@H]3c2ccc(F)cc2Cl)nn1. The summed E-state index contributed by atoms with van der Waals surface area (Å²) in [7, 11) is 1.50. The van der Waals surface area contributed by atoms with E-state index >= 15 is 0 Å². The van der Waals surface area contributed by atoms with Gasteiger partial charge in [0.1, 0.15) is 11.6 Å². The van der Waals surface area contributed by atoms with Crippen molar-refractivity contribution in [3.05, 3.63) is 58.0 Å². The summed E-state index contributed by atoms with van der Waals surface area (Å²) >= 11 is 6.25. The van der Waals surface area contributed by atoms with Gasteiger partial charge in [0.15, 0.2) is 5.82 Å². The van der Waals surface area contributed by atoms with Crippen LogP contribution in [0.2, 0.25) is 5.02 Å². The first-order chi connectivity index (χ1) is 13.0. The van der Waals surface area contributed by atoms with E-state index in [1.807, 2.05) is 6.92 Å². The Kier molecular flexibility index (Phi) is 4.27. The normalized spacial score (nSPS) is 16.0. The topological polar surface area (TPSA) is 81.9 Å². The third kappa shape index (κ3) is 3.02. The molecule has 4 rings (SSSR count). The van der Waals surface area contributed by atoms with Crippen LogP contribution in [0.15, 0.2) is 30.3 Å². The molecule has 1 aromatic carbocycles. The van der Waals surface area contributed by atoms with E-state index in [0.29, 0.717) is 28.8 Å². The van der Waals surface area contributed by atoms with Crippen molar-refractivity contribution in [3.8, 4) is 11.7 Å². The van der Waals surface area contributed by atoms with E-state index in [4.69, 9.17) is 16.3 Å². The smallest absolute Gasteiger partial charge is 0.233 e. The van der Waals surface area contributed by atoms with Crippen molar-refractivity contribution in [2.45, 2.75) is 19.3 Å². The number of halogens is 2. The van der Waals surface area contributed by atoms with Crippen LogP contribution in [0.25, 0.3) is 5.82 Å². The summed E-state index contributed by atoms with van der Waals surface area (Å²) in [6.45, 7) is 1.84. The first-order valence-electron chi connectivity index (χ1n) is 8.20. The summed E-state index contributed by atoms with van der Waals surface area (Å²) in [6, 6.07) is 7.54. The molecule has 0 saturated heterocycles. The molecule has 1 N–H and O–H groups in total. The number of amides is 1. The predicted octanol–water partition coefficient (Wildman–Crippen LogP) is 3.25. The first kappa shape index (κ1) is 17.4. The molecular formula is C18H15ClFN5O2. The number of carbonyl (C=O) groups excluding carboxylic acids is 1. The molecule has 2 aromatic heterocycles. The Hall–Kier alpha value is -3.00. The molecule has 0 bridgehead atoms. The van der Waals surface area contributed by atoms with Gasteiger partial charge in [0.25, 0.3) is 0 Å². The van der Waals surface area contributed by atoms with Crippen LogP contribution in [0, 0.1) is 12.7 Å². The molecule has 9 heteroatoms. The standard InChI is InChI=1S/C18H15ClFN5O2/c1-9-17-12(11-4-3-10(20)7-13(11)19)8-15(26)21-18(17)25(24-9)14-5-6-16(27-2)23-22-14/h3-7,12H,8H2,1-2H3,(H,21,26)/t12-/m1/s1. The summed E-state index contributed by atoms with van der Waals surface area (Å²) in [4.78, 5) is 12.4. The lowest BCUT2D eigenvalue weighted by Crippen LogP contribution is -2.25. The lowest BCUT2D eigenvalue weighted by Gasteiger charge is -2.25. The number of ether oxygens (including phenoxy) is 1. The van der Waals surface area contributed by atoms with Gasteiger partial charge in [-0.05, 0) is 30.7 Å². The Balaban J connectivity index is 1.85. The van der Waals surface area contributed by atoms with E-state index < -0.39 is 5.82 Å². The van der Waals surface area contributed by atoms with Gasteiger partial charge in [-0.15, -0.1) is 10.2 Å². The van der Waals surface area contributed by atoms with Crippen molar-refractivity contribution in [2.24, 2.45) is 0 Å². The fourth-order valence-electron chi connectivity index (χ4n) is 3.30. The molecule has 0 saturated carbocycles. The quantitative estimate of drug-likeness (QED) is 0.746. The van der Waals surface area contributed by atoms with Crippen molar-refractivity contribution in [1.82, 2.24) is 20.0 Å². The zero-order chi connectivity index (χ0) is 19.1. The number of benzene rings is 1. The number of anilines is 1. The third-order valence-electron chi connectivity index (χ3n) is 4.49. The van der Waals surface area contributed by atoms with Gasteiger partial charge in [-0.3, -0.25) is 4.79 Å². The number of nitrogens with zero attached hydrogens (tertiary/aromatic N) is 4. The van der Waals surface area contributed by atoms with Crippen molar-refractivity contribution < 1.29 is 13.9 Å². The highest BCUT2D eigenvalue weighted by Crippen LogP contribution is 2.42. The number of nitrogens with one attached hydrogen (secondary N) is 1. The Bertz CT molecular complexity index is 1030. The van der Waals surface area contributed by atoms with Crippen LogP contribution < -0.4 is 10.1 Å². The van der Waals surface area contributed by atoms with Gasteiger partial charge in [-0.25, -0.2) is 4.39 Å². The molecule has 0 aliphatic carbocycles. The van der Waals surface area contributed by atoms with Gasteiger partial charge in [0.2, 0.25) is 11.8 Å². The zero-order valence-corrected chi connectivity index (χ0v) is 15.3. The second kappa shape index (κ2) is 6.62. The van der Waals surface area contributed by atoms with Crippen molar-refractivity contribution in [1.29, 1.82) is 0 Å². The Labute approximate surface area is 159 Å². The number of aromatic nitrogens is 4. The molecule has 0 fully saturated rings. The Morgan fingerprint density at radius 3 is 2.78 bits per heavy atom. The van der Waals surface area contributed by atoms with Crippen LogP contribution in [0.4, 0.5) is 10.2 Å². The fourth-order valence-corrected chi connectivity index (χ4v) is 3.60. The van der Waals surface area contributed by atoms with Gasteiger partial charge in [0, 0.05) is 29.0 Å². The molecule has 0 radical (unpaired) electrons. The second-order valence-electron chi connectivity index (χ2n) is 6.16. The van der Waals surface area contributed by atoms with Crippen LogP contribution in [-0.4, -0.2) is 33.0 Å². The van der Waals surface area contributed by atoms with E-state index in [9.17, 15) is 9.18 Å². The molecule has 3 heterocycles. The van der Waals surface area contributed by atoms with Gasteiger partial charge < -0.3 is 10.1 Å². The van der Waals surface area contributed by atoms with E-state index in [-0.39, 0.29) is 23.3 Å². The van der Waals surface area contributed by atoms with E-state index in [0.717, 1.165) is 5.56 Å². The Morgan fingerprint density at radius 1 is 1.30 bits per heavy atom. The lowest BCUT2D eigenvalue weighted by molar-refractivity contribution is -0.116. The molecular weight excluding hydrogens is 373 g/mol. The maximum atomic E-state index is 13.4. The summed E-state index contributed by atoms with van der Waals surface area (Å²) in [5.74, 6) is 0.374. The van der Waals surface area contributed by atoms with Gasteiger partial charge in [-0.1, -0.05) is 17.7 Å². The number of methoxy groups -OCH3 is 1. The zero-order valence-electron chi connectivity index (χ0n) is 14.5. The highest BCUT2D eigenvalue weighted by molar-refractivity contribution is 6.31. The van der Waals surface area contributed by atoms with Crippen LogP contribution in [0.5, 0.6) is 5.88 Å². The maximum Gasteiger partial charge on any atom is 0.233 e. The molecule has 1 aliphatic heterocycles. The fraction of sp³-hybridized carbons (Fsp3) is 0.222. The van der Waals surface area contributed by atoms with E-state index in [1.165, 1.54) is 23.9 Å². The van der Waals surface area contributed by atoms with Gasteiger partial charge >= 0.3 is 0 Å². The van der Waals surface area contributed by atoms with Crippen LogP contribution in [0.1, 0.15) is 29.2 Å². The predicted molar refractivity (Wildman–Crippen MR) is 96.9 cm³/mol.